The van der Waals surface area contributed by atoms with Crippen LogP contribution < -0.4 is 5.73 Å². The minimum absolute atomic E-state index is 0.0525. The van der Waals surface area contributed by atoms with Crippen LogP contribution in [-0.4, -0.2) is 25.3 Å². The maximum absolute atomic E-state index is 12.6. The van der Waals surface area contributed by atoms with Crippen LogP contribution in [0.25, 0.3) is 0 Å². The van der Waals surface area contributed by atoms with Crippen LogP contribution in [-0.2, 0) is 10.0 Å². The number of unbranched alkanes of at least 4 members (excludes halogenated alkanes) is 2. The van der Waals surface area contributed by atoms with E-state index >= 15 is 0 Å². The van der Waals surface area contributed by atoms with Gasteiger partial charge in [0.1, 0.15) is 0 Å². The summed E-state index contributed by atoms with van der Waals surface area (Å²) < 4.78 is 26.7. The Kier molecular flexibility index (Phi) is 5.82. The Hall–Kier alpha value is -1.07. The zero-order valence-corrected chi connectivity index (χ0v) is 12.8. The average molecular weight is 284 g/mol. The molecule has 108 valence electrons. The number of nitrogen functional groups attached to an aromatic ring is 1. The van der Waals surface area contributed by atoms with Crippen molar-refractivity contribution in [2.75, 3.05) is 12.3 Å². The lowest BCUT2D eigenvalue weighted by atomic mass is 10.2. The van der Waals surface area contributed by atoms with Gasteiger partial charge in [-0.1, -0.05) is 25.8 Å². The molecule has 0 radical (unpaired) electrons. The van der Waals surface area contributed by atoms with Gasteiger partial charge in [-0.2, -0.15) is 4.31 Å². The largest absolute Gasteiger partial charge is 0.399 e. The fourth-order valence-corrected chi connectivity index (χ4v) is 3.71. The van der Waals surface area contributed by atoms with Gasteiger partial charge in [0, 0.05) is 18.3 Å². The molecule has 0 aliphatic heterocycles. The third-order valence-electron chi connectivity index (χ3n) is 3.02. The third kappa shape index (κ3) is 4.21. The van der Waals surface area contributed by atoms with Gasteiger partial charge < -0.3 is 5.73 Å². The van der Waals surface area contributed by atoms with E-state index in [9.17, 15) is 8.42 Å². The summed E-state index contributed by atoms with van der Waals surface area (Å²) >= 11 is 0. The molecule has 19 heavy (non-hydrogen) atoms. The van der Waals surface area contributed by atoms with Gasteiger partial charge >= 0.3 is 0 Å². The summed E-state index contributed by atoms with van der Waals surface area (Å²) in [6.45, 7) is 6.46. The van der Waals surface area contributed by atoms with Gasteiger partial charge in [-0.15, -0.1) is 0 Å². The minimum atomic E-state index is -3.45. The highest BCUT2D eigenvalue weighted by Gasteiger charge is 2.26. The molecule has 1 rings (SSSR count). The monoisotopic (exact) mass is 284 g/mol. The number of nitrogens with two attached hydrogens (primary N) is 1. The highest BCUT2D eigenvalue weighted by atomic mass is 32.2. The molecular weight excluding hydrogens is 260 g/mol. The summed E-state index contributed by atoms with van der Waals surface area (Å²) in [6.07, 6.45) is 3.00. The molecule has 0 aromatic heterocycles. The topological polar surface area (TPSA) is 63.4 Å². The molecule has 0 atom stereocenters. The molecule has 1 aromatic rings. The van der Waals surface area contributed by atoms with Crippen LogP contribution in [0, 0.1) is 0 Å². The van der Waals surface area contributed by atoms with Gasteiger partial charge in [0.25, 0.3) is 0 Å². The van der Waals surface area contributed by atoms with Gasteiger partial charge in [0.2, 0.25) is 10.0 Å². The first-order valence-corrected chi connectivity index (χ1v) is 8.21. The second-order valence-electron chi connectivity index (χ2n) is 4.99. The smallest absolute Gasteiger partial charge is 0.243 e. The van der Waals surface area contributed by atoms with Crippen molar-refractivity contribution in [1.29, 1.82) is 0 Å². The standard InChI is InChI=1S/C14H24N2O2S/c1-4-5-6-10-16(12(2)3)19(17,18)14-9-7-8-13(15)11-14/h7-9,11-12H,4-6,10,15H2,1-3H3. The zero-order chi connectivity index (χ0) is 14.5. The van der Waals surface area contributed by atoms with Crippen LogP contribution in [0.1, 0.15) is 40.0 Å². The fourth-order valence-electron chi connectivity index (χ4n) is 1.98. The van der Waals surface area contributed by atoms with E-state index in [4.69, 9.17) is 5.73 Å². The number of nitrogens with zero attached hydrogens (tertiary/aromatic N) is 1. The molecule has 0 bridgehead atoms. The highest BCUT2D eigenvalue weighted by Crippen LogP contribution is 2.20. The maximum Gasteiger partial charge on any atom is 0.243 e. The predicted molar refractivity (Wildman–Crippen MR) is 79.4 cm³/mol. The Balaban J connectivity index is 2.99. The summed E-state index contributed by atoms with van der Waals surface area (Å²) in [5.74, 6) is 0. The Morgan fingerprint density at radius 1 is 1.26 bits per heavy atom. The first-order chi connectivity index (χ1) is 8.89. The molecule has 0 aliphatic rings. The molecule has 0 fully saturated rings. The SMILES string of the molecule is CCCCCN(C(C)C)S(=O)(=O)c1cccc(N)c1. The zero-order valence-electron chi connectivity index (χ0n) is 12.0. The van der Waals surface area contributed by atoms with E-state index in [0.29, 0.717) is 12.2 Å². The summed E-state index contributed by atoms with van der Waals surface area (Å²) in [6, 6.07) is 6.43. The van der Waals surface area contributed by atoms with E-state index in [1.165, 1.54) is 6.07 Å². The molecule has 0 amide bonds. The first-order valence-electron chi connectivity index (χ1n) is 6.77. The lowest BCUT2D eigenvalue weighted by Gasteiger charge is -2.26. The van der Waals surface area contributed by atoms with Crippen LogP contribution in [0.3, 0.4) is 0 Å². The summed E-state index contributed by atoms with van der Waals surface area (Å²) in [7, 11) is -3.45. The van der Waals surface area contributed by atoms with E-state index in [1.807, 2.05) is 13.8 Å². The Bertz CT molecular complexity index is 498. The Labute approximate surface area is 116 Å². The van der Waals surface area contributed by atoms with Gasteiger partial charge in [0.05, 0.1) is 4.90 Å². The van der Waals surface area contributed by atoms with Crippen molar-refractivity contribution in [3.63, 3.8) is 0 Å². The van der Waals surface area contributed by atoms with Gasteiger partial charge in [-0.05, 0) is 38.5 Å². The molecule has 0 aliphatic carbocycles. The lowest BCUT2D eigenvalue weighted by molar-refractivity contribution is 0.345. The van der Waals surface area contributed by atoms with E-state index in [2.05, 4.69) is 6.92 Å². The van der Waals surface area contributed by atoms with E-state index in [1.54, 1.807) is 22.5 Å². The second kappa shape index (κ2) is 6.91. The average Bonchev–Trinajstić information content (AvgIpc) is 2.34. The third-order valence-corrected chi connectivity index (χ3v) is 5.09. The highest BCUT2D eigenvalue weighted by molar-refractivity contribution is 7.89. The van der Waals surface area contributed by atoms with Crippen LogP contribution in [0.2, 0.25) is 0 Å². The molecule has 5 heteroatoms. The molecule has 0 spiro atoms. The van der Waals surface area contributed by atoms with Crippen molar-refractivity contribution in [3.8, 4) is 0 Å². The molecule has 1 aromatic carbocycles. The van der Waals surface area contributed by atoms with Crippen molar-refractivity contribution >= 4 is 15.7 Å². The predicted octanol–water partition coefficient (Wildman–Crippen LogP) is 2.86. The number of hydrogen-bond acceptors (Lipinski definition) is 3. The van der Waals surface area contributed by atoms with Crippen LogP contribution in [0.5, 0.6) is 0 Å². The van der Waals surface area contributed by atoms with E-state index < -0.39 is 10.0 Å². The normalized spacial score (nSPS) is 12.3. The number of sulfonamides is 1. The lowest BCUT2D eigenvalue weighted by Crippen LogP contribution is -2.37. The van der Waals surface area contributed by atoms with E-state index in [-0.39, 0.29) is 10.9 Å². The Morgan fingerprint density at radius 3 is 2.47 bits per heavy atom. The first kappa shape index (κ1) is 16.0. The molecule has 2 N–H and O–H groups in total. The fraction of sp³-hybridized carbons (Fsp3) is 0.571. The minimum Gasteiger partial charge on any atom is -0.399 e. The van der Waals surface area contributed by atoms with Crippen LogP contribution >= 0.6 is 0 Å². The molecule has 4 nitrogen and oxygen atoms in total. The van der Waals surface area contributed by atoms with Crippen molar-refractivity contribution < 1.29 is 8.42 Å². The van der Waals surface area contributed by atoms with Crippen molar-refractivity contribution in [3.05, 3.63) is 24.3 Å². The van der Waals surface area contributed by atoms with Gasteiger partial charge in [-0.3, -0.25) is 0 Å². The van der Waals surface area contributed by atoms with Crippen molar-refractivity contribution in [2.24, 2.45) is 0 Å². The van der Waals surface area contributed by atoms with Gasteiger partial charge in [-0.25, -0.2) is 8.42 Å². The summed E-state index contributed by atoms with van der Waals surface area (Å²) in [4.78, 5) is 0.276. The number of rotatable bonds is 7. The number of benzene rings is 1. The summed E-state index contributed by atoms with van der Waals surface area (Å²) in [5.41, 5.74) is 6.14. The van der Waals surface area contributed by atoms with Crippen LogP contribution in [0.15, 0.2) is 29.2 Å². The Morgan fingerprint density at radius 2 is 1.95 bits per heavy atom. The van der Waals surface area contributed by atoms with Crippen molar-refractivity contribution in [1.82, 2.24) is 4.31 Å². The summed E-state index contributed by atoms with van der Waals surface area (Å²) in [5, 5.41) is 0. The molecule has 0 heterocycles. The van der Waals surface area contributed by atoms with Crippen molar-refractivity contribution in [2.45, 2.75) is 51.0 Å². The molecular formula is C14H24N2O2S. The number of hydrogen-bond donors (Lipinski definition) is 1. The molecule has 0 saturated carbocycles. The maximum atomic E-state index is 12.6. The quantitative estimate of drug-likeness (QED) is 0.618. The molecule has 0 saturated heterocycles. The number of anilines is 1. The second-order valence-corrected chi connectivity index (χ2v) is 6.88. The van der Waals surface area contributed by atoms with Gasteiger partial charge in [0.15, 0.2) is 0 Å². The molecule has 0 unspecified atom stereocenters. The van der Waals surface area contributed by atoms with Crippen LogP contribution in [0.4, 0.5) is 5.69 Å². The van der Waals surface area contributed by atoms with E-state index in [0.717, 1.165) is 19.3 Å².